The van der Waals surface area contributed by atoms with Crippen LogP contribution in [0.4, 0.5) is 0 Å². The van der Waals surface area contributed by atoms with E-state index in [1.54, 1.807) is 25.1 Å². The highest BCUT2D eigenvalue weighted by Gasteiger charge is 2.33. The lowest BCUT2D eigenvalue weighted by molar-refractivity contribution is -0.134. The maximum Gasteiger partial charge on any atom is 0.279 e. The number of hydrogen-bond acceptors (Lipinski definition) is 5. The van der Waals surface area contributed by atoms with Crippen molar-refractivity contribution in [3.8, 4) is 5.75 Å². The molecule has 2 N–H and O–H groups in total. The molecule has 1 aliphatic heterocycles. The van der Waals surface area contributed by atoms with Gasteiger partial charge >= 0.3 is 0 Å². The SMILES string of the molecule is C[C@H](Oc1cccc(Br)c1)C(=O)NNC(=O)[C@H]1CCS(=O)(=O)C1. The zero-order valence-corrected chi connectivity index (χ0v) is 14.8. The fourth-order valence-electron chi connectivity index (χ4n) is 2.13. The number of nitrogens with one attached hydrogen (secondary N) is 2. The normalized spacial score (nSPS) is 20.5. The number of hydrazine groups is 1. The van der Waals surface area contributed by atoms with Gasteiger partial charge in [0.2, 0.25) is 5.91 Å². The molecule has 1 fully saturated rings. The number of sulfone groups is 1. The molecule has 1 aromatic carbocycles. The number of amides is 2. The smallest absolute Gasteiger partial charge is 0.279 e. The Labute approximate surface area is 142 Å². The molecule has 1 aromatic rings. The van der Waals surface area contributed by atoms with E-state index in [1.807, 2.05) is 6.07 Å². The van der Waals surface area contributed by atoms with E-state index in [9.17, 15) is 18.0 Å². The van der Waals surface area contributed by atoms with Crippen molar-refractivity contribution in [3.63, 3.8) is 0 Å². The van der Waals surface area contributed by atoms with E-state index >= 15 is 0 Å². The van der Waals surface area contributed by atoms with Crippen LogP contribution in [0.5, 0.6) is 5.75 Å². The van der Waals surface area contributed by atoms with E-state index in [2.05, 4.69) is 26.8 Å². The van der Waals surface area contributed by atoms with Crippen molar-refractivity contribution < 1.29 is 22.7 Å². The lowest BCUT2D eigenvalue weighted by Gasteiger charge is -2.16. The number of carbonyl (C=O) groups is 2. The predicted octanol–water partition coefficient (Wildman–Crippen LogP) is 0.799. The van der Waals surface area contributed by atoms with Crippen LogP contribution in [0.3, 0.4) is 0 Å². The fourth-order valence-corrected chi connectivity index (χ4v) is 4.25. The van der Waals surface area contributed by atoms with Crippen molar-refractivity contribution in [1.82, 2.24) is 10.9 Å². The molecule has 0 saturated carbocycles. The molecule has 0 aliphatic carbocycles. The van der Waals surface area contributed by atoms with Crippen molar-refractivity contribution in [2.24, 2.45) is 5.92 Å². The Balaban J connectivity index is 1.81. The third kappa shape index (κ3) is 5.21. The Morgan fingerprint density at radius 1 is 1.35 bits per heavy atom. The van der Waals surface area contributed by atoms with Crippen LogP contribution in [0.15, 0.2) is 28.7 Å². The molecule has 7 nitrogen and oxygen atoms in total. The minimum atomic E-state index is -3.14. The first kappa shape index (κ1) is 17.7. The van der Waals surface area contributed by atoms with E-state index in [1.165, 1.54) is 0 Å². The molecule has 0 aromatic heterocycles. The predicted molar refractivity (Wildman–Crippen MR) is 87.3 cm³/mol. The van der Waals surface area contributed by atoms with Crippen molar-refractivity contribution in [2.45, 2.75) is 19.4 Å². The molecule has 1 aliphatic rings. The highest BCUT2D eigenvalue weighted by molar-refractivity contribution is 9.10. The van der Waals surface area contributed by atoms with Crippen LogP contribution in [-0.2, 0) is 19.4 Å². The standard InChI is InChI=1S/C14H17BrN2O5S/c1-9(22-12-4-2-3-11(15)7-12)13(18)16-17-14(19)10-5-6-23(20,21)8-10/h2-4,7,9-10H,5-6,8H2,1H3,(H,16,18)(H,17,19)/t9-,10-/m0/s1. The molecule has 0 bridgehead atoms. The van der Waals surface area contributed by atoms with E-state index in [4.69, 9.17) is 4.74 Å². The molecular formula is C14H17BrN2O5S. The van der Waals surface area contributed by atoms with E-state index in [0.29, 0.717) is 5.75 Å². The Morgan fingerprint density at radius 3 is 2.70 bits per heavy atom. The second-order valence-electron chi connectivity index (χ2n) is 5.30. The zero-order valence-electron chi connectivity index (χ0n) is 12.4. The van der Waals surface area contributed by atoms with Gasteiger partial charge in [-0.25, -0.2) is 8.42 Å². The average Bonchev–Trinajstić information content (AvgIpc) is 2.84. The second-order valence-corrected chi connectivity index (χ2v) is 8.44. The van der Waals surface area contributed by atoms with E-state index in [-0.39, 0.29) is 17.9 Å². The molecule has 0 radical (unpaired) electrons. The molecule has 1 heterocycles. The van der Waals surface area contributed by atoms with Gasteiger partial charge in [0, 0.05) is 4.47 Å². The monoisotopic (exact) mass is 404 g/mol. The summed E-state index contributed by atoms with van der Waals surface area (Å²) in [4.78, 5) is 23.7. The van der Waals surface area contributed by atoms with E-state index in [0.717, 1.165) is 4.47 Å². The first-order chi connectivity index (χ1) is 10.8. The summed E-state index contributed by atoms with van der Waals surface area (Å²) in [7, 11) is -3.14. The van der Waals surface area contributed by atoms with E-state index < -0.39 is 33.7 Å². The van der Waals surface area contributed by atoms with Gasteiger partial charge in [-0.3, -0.25) is 20.4 Å². The maximum absolute atomic E-state index is 11.9. The first-order valence-electron chi connectivity index (χ1n) is 6.99. The van der Waals surface area contributed by atoms with Crippen molar-refractivity contribution in [3.05, 3.63) is 28.7 Å². The van der Waals surface area contributed by atoms with Crippen molar-refractivity contribution >= 4 is 37.6 Å². The lowest BCUT2D eigenvalue weighted by Crippen LogP contribution is -2.49. The van der Waals surface area contributed by atoms with Gasteiger partial charge in [0.1, 0.15) is 5.75 Å². The number of ether oxygens (including phenoxy) is 1. The summed E-state index contributed by atoms with van der Waals surface area (Å²) >= 11 is 3.30. The van der Waals surface area contributed by atoms with Crippen molar-refractivity contribution in [1.29, 1.82) is 0 Å². The quantitative estimate of drug-likeness (QED) is 0.722. The topological polar surface area (TPSA) is 102 Å². The molecule has 2 rings (SSSR count). The Kier molecular flexibility index (Phi) is 5.64. The highest BCUT2D eigenvalue weighted by atomic mass is 79.9. The van der Waals surface area contributed by atoms with Gasteiger partial charge in [0.05, 0.1) is 17.4 Å². The molecule has 0 unspecified atom stereocenters. The number of rotatable bonds is 4. The zero-order chi connectivity index (χ0) is 17.0. The van der Waals surface area contributed by atoms with Gasteiger partial charge in [0.15, 0.2) is 15.9 Å². The average molecular weight is 405 g/mol. The summed E-state index contributed by atoms with van der Waals surface area (Å²) in [5, 5.41) is 0. The minimum Gasteiger partial charge on any atom is -0.481 e. The van der Waals surface area contributed by atoms with Crippen LogP contribution in [0.1, 0.15) is 13.3 Å². The Bertz CT molecular complexity index is 707. The summed E-state index contributed by atoms with van der Waals surface area (Å²) in [6.07, 6.45) is -0.550. The summed E-state index contributed by atoms with van der Waals surface area (Å²) in [6.45, 7) is 1.54. The van der Waals surface area contributed by atoms with Gasteiger partial charge < -0.3 is 4.74 Å². The summed E-state index contributed by atoms with van der Waals surface area (Å²) < 4.78 is 28.9. The van der Waals surface area contributed by atoms with Crippen LogP contribution in [0.2, 0.25) is 0 Å². The molecule has 0 spiro atoms. The van der Waals surface area contributed by atoms with Crippen LogP contribution in [0.25, 0.3) is 0 Å². The third-order valence-corrected chi connectivity index (χ3v) is 5.65. The molecular weight excluding hydrogens is 388 g/mol. The molecule has 9 heteroatoms. The fraction of sp³-hybridized carbons (Fsp3) is 0.429. The lowest BCUT2D eigenvalue weighted by atomic mass is 10.1. The highest BCUT2D eigenvalue weighted by Crippen LogP contribution is 2.19. The molecule has 2 atom stereocenters. The number of halogens is 1. The summed E-state index contributed by atoms with van der Waals surface area (Å²) in [6, 6.07) is 7.02. The molecule has 1 saturated heterocycles. The van der Waals surface area contributed by atoms with Gasteiger partial charge in [-0.2, -0.15) is 0 Å². The van der Waals surface area contributed by atoms with Gasteiger partial charge in [-0.15, -0.1) is 0 Å². The third-order valence-electron chi connectivity index (χ3n) is 3.39. The van der Waals surface area contributed by atoms with Crippen LogP contribution >= 0.6 is 15.9 Å². The number of benzene rings is 1. The minimum absolute atomic E-state index is 0.00142. The first-order valence-corrected chi connectivity index (χ1v) is 9.60. The Morgan fingerprint density at radius 2 is 2.09 bits per heavy atom. The summed E-state index contributed by atoms with van der Waals surface area (Å²) in [5.74, 6) is -1.33. The van der Waals surface area contributed by atoms with Gasteiger partial charge in [-0.05, 0) is 31.5 Å². The molecule has 23 heavy (non-hydrogen) atoms. The Hall–Kier alpha value is -1.61. The van der Waals surface area contributed by atoms with Crippen LogP contribution < -0.4 is 15.6 Å². The maximum atomic E-state index is 11.9. The number of carbonyl (C=O) groups excluding carboxylic acids is 2. The largest absolute Gasteiger partial charge is 0.481 e. The van der Waals surface area contributed by atoms with Crippen molar-refractivity contribution in [2.75, 3.05) is 11.5 Å². The van der Waals surface area contributed by atoms with Gasteiger partial charge in [-0.1, -0.05) is 22.0 Å². The second kappa shape index (κ2) is 7.31. The number of hydrogen-bond donors (Lipinski definition) is 2. The molecule has 126 valence electrons. The molecule has 2 amide bonds. The van der Waals surface area contributed by atoms with Gasteiger partial charge in [0.25, 0.3) is 5.91 Å². The van der Waals surface area contributed by atoms with Crippen LogP contribution in [0, 0.1) is 5.92 Å². The summed E-state index contributed by atoms with van der Waals surface area (Å²) in [5.41, 5.74) is 4.50. The van der Waals surface area contributed by atoms with Crippen LogP contribution in [-0.4, -0.2) is 37.8 Å².